The van der Waals surface area contributed by atoms with Crippen molar-refractivity contribution in [1.29, 1.82) is 0 Å². The first-order valence-electron chi connectivity index (χ1n) is 4.34. The second-order valence-electron chi connectivity index (χ2n) is 3.10. The van der Waals surface area contributed by atoms with Crippen LogP contribution in [0.25, 0.3) is 0 Å². The molecule has 0 aromatic heterocycles. The Morgan fingerprint density at radius 3 is 2.27 bits per heavy atom. The van der Waals surface area contributed by atoms with E-state index in [1.165, 1.54) is 6.92 Å². The maximum atomic E-state index is 11.9. The SMILES string of the molecule is C[C@@H](NC(=O)C(F)(F)F)c1ccccc1. The molecule has 0 spiro atoms. The summed E-state index contributed by atoms with van der Waals surface area (Å²) >= 11 is 0. The van der Waals surface area contributed by atoms with Gasteiger partial charge in [0, 0.05) is 0 Å². The molecule has 0 bridgehead atoms. The Hall–Kier alpha value is -1.52. The highest BCUT2D eigenvalue weighted by Crippen LogP contribution is 2.18. The number of carbonyl (C=O) groups excluding carboxylic acids is 1. The first-order valence-corrected chi connectivity index (χ1v) is 4.34. The van der Waals surface area contributed by atoms with Crippen LogP contribution in [0.2, 0.25) is 0 Å². The molecule has 0 unspecified atom stereocenters. The van der Waals surface area contributed by atoms with Crippen molar-refractivity contribution < 1.29 is 18.0 Å². The number of hydrogen-bond donors (Lipinski definition) is 1. The number of alkyl halides is 3. The molecular weight excluding hydrogens is 207 g/mol. The number of hydrogen-bond acceptors (Lipinski definition) is 1. The average molecular weight is 217 g/mol. The lowest BCUT2D eigenvalue weighted by Gasteiger charge is -2.15. The molecule has 5 heteroatoms. The van der Waals surface area contributed by atoms with Gasteiger partial charge in [0.2, 0.25) is 0 Å². The van der Waals surface area contributed by atoms with Crippen LogP contribution in [0.1, 0.15) is 18.5 Å². The van der Waals surface area contributed by atoms with Crippen LogP contribution < -0.4 is 5.32 Å². The largest absolute Gasteiger partial charge is 0.471 e. The molecule has 0 aliphatic heterocycles. The van der Waals surface area contributed by atoms with Crippen LogP contribution in [-0.4, -0.2) is 12.1 Å². The van der Waals surface area contributed by atoms with E-state index in [9.17, 15) is 18.0 Å². The fourth-order valence-corrected chi connectivity index (χ4v) is 1.10. The lowest BCUT2D eigenvalue weighted by atomic mass is 10.1. The molecule has 1 aromatic carbocycles. The molecule has 1 rings (SSSR count). The molecule has 0 fully saturated rings. The zero-order valence-electron chi connectivity index (χ0n) is 8.01. The van der Waals surface area contributed by atoms with E-state index in [4.69, 9.17) is 0 Å². The minimum absolute atomic E-state index is 0.634. The van der Waals surface area contributed by atoms with E-state index in [1.54, 1.807) is 30.3 Å². The summed E-state index contributed by atoms with van der Waals surface area (Å²) < 4.78 is 35.7. The van der Waals surface area contributed by atoms with E-state index in [0.29, 0.717) is 5.56 Å². The summed E-state index contributed by atoms with van der Waals surface area (Å²) in [5.74, 6) is -1.92. The van der Waals surface area contributed by atoms with Gasteiger partial charge >= 0.3 is 12.1 Å². The van der Waals surface area contributed by atoms with Gasteiger partial charge in [-0.25, -0.2) is 0 Å². The van der Waals surface area contributed by atoms with Crippen molar-refractivity contribution in [2.24, 2.45) is 0 Å². The minimum Gasteiger partial charge on any atom is -0.342 e. The molecule has 2 nitrogen and oxygen atoms in total. The molecule has 15 heavy (non-hydrogen) atoms. The predicted molar refractivity (Wildman–Crippen MR) is 49.1 cm³/mol. The highest BCUT2D eigenvalue weighted by molar-refractivity contribution is 5.82. The Balaban J connectivity index is 2.65. The minimum atomic E-state index is -4.83. The Labute approximate surface area is 85.1 Å². The Morgan fingerprint density at radius 1 is 1.27 bits per heavy atom. The number of nitrogens with one attached hydrogen (secondary N) is 1. The first-order chi connectivity index (χ1) is 6.91. The van der Waals surface area contributed by atoms with E-state index >= 15 is 0 Å². The molecule has 0 saturated heterocycles. The van der Waals surface area contributed by atoms with Crippen LogP contribution in [0.4, 0.5) is 13.2 Å². The molecule has 0 heterocycles. The third-order valence-electron chi connectivity index (χ3n) is 1.90. The second kappa shape index (κ2) is 4.33. The van der Waals surface area contributed by atoms with Gasteiger partial charge in [-0.05, 0) is 12.5 Å². The lowest BCUT2D eigenvalue weighted by Crippen LogP contribution is -2.38. The summed E-state index contributed by atoms with van der Waals surface area (Å²) in [6.07, 6.45) is -4.83. The molecular formula is C10H10F3NO. The van der Waals surface area contributed by atoms with Crippen LogP contribution in [0, 0.1) is 0 Å². The maximum Gasteiger partial charge on any atom is 0.471 e. The van der Waals surface area contributed by atoms with Crippen LogP contribution in [0.5, 0.6) is 0 Å². The van der Waals surface area contributed by atoms with Crippen LogP contribution >= 0.6 is 0 Å². The zero-order valence-corrected chi connectivity index (χ0v) is 8.01. The fourth-order valence-electron chi connectivity index (χ4n) is 1.10. The average Bonchev–Trinajstić information content (AvgIpc) is 2.17. The van der Waals surface area contributed by atoms with Gasteiger partial charge in [0.05, 0.1) is 6.04 Å². The van der Waals surface area contributed by atoms with Crippen molar-refractivity contribution in [1.82, 2.24) is 5.32 Å². The number of amides is 1. The standard InChI is InChI=1S/C10H10F3NO/c1-7(8-5-3-2-4-6-8)14-9(15)10(11,12)13/h2-7H,1H3,(H,14,15)/t7-/m1/s1. The smallest absolute Gasteiger partial charge is 0.342 e. The van der Waals surface area contributed by atoms with Crippen LogP contribution in [0.15, 0.2) is 30.3 Å². The molecule has 1 aromatic rings. The molecule has 0 radical (unpaired) electrons. The van der Waals surface area contributed by atoms with E-state index in [2.05, 4.69) is 0 Å². The third-order valence-corrected chi connectivity index (χ3v) is 1.90. The molecule has 1 amide bonds. The van der Waals surface area contributed by atoms with Crippen molar-refractivity contribution in [3.63, 3.8) is 0 Å². The van der Waals surface area contributed by atoms with E-state index in [-0.39, 0.29) is 0 Å². The topological polar surface area (TPSA) is 29.1 Å². The van der Waals surface area contributed by atoms with Gasteiger partial charge in [-0.15, -0.1) is 0 Å². The van der Waals surface area contributed by atoms with Gasteiger partial charge in [-0.2, -0.15) is 13.2 Å². The van der Waals surface area contributed by atoms with Crippen molar-refractivity contribution in [3.05, 3.63) is 35.9 Å². The van der Waals surface area contributed by atoms with E-state index in [0.717, 1.165) is 0 Å². The number of carbonyl (C=O) groups is 1. The fraction of sp³-hybridized carbons (Fsp3) is 0.300. The van der Waals surface area contributed by atoms with Crippen molar-refractivity contribution in [3.8, 4) is 0 Å². The van der Waals surface area contributed by atoms with Gasteiger partial charge < -0.3 is 5.32 Å². The number of rotatable bonds is 2. The summed E-state index contributed by atoms with van der Waals surface area (Å²) in [6.45, 7) is 1.50. The molecule has 1 N–H and O–H groups in total. The summed E-state index contributed by atoms with van der Waals surface area (Å²) in [7, 11) is 0. The predicted octanol–water partition coefficient (Wildman–Crippen LogP) is 2.43. The third kappa shape index (κ3) is 3.27. The van der Waals surface area contributed by atoms with Gasteiger partial charge in [0.25, 0.3) is 0 Å². The summed E-state index contributed by atoms with van der Waals surface area (Å²) in [5, 5.41) is 1.87. The van der Waals surface area contributed by atoms with Gasteiger partial charge in [-0.1, -0.05) is 30.3 Å². The quantitative estimate of drug-likeness (QED) is 0.809. The maximum absolute atomic E-state index is 11.9. The van der Waals surface area contributed by atoms with Crippen molar-refractivity contribution in [2.45, 2.75) is 19.1 Å². The summed E-state index contributed by atoms with van der Waals surface area (Å²) in [4.78, 5) is 10.6. The van der Waals surface area contributed by atoms with E-state index < -0.39 is 18.1 Å². The Kier molecular flexibility index (Phi) is 3.34. The van der Waals surface area contributed by atoms with Gasteiger partial charge in [0.15, 0.2) is 0 Å². The zero-order chi connectivity index (χ0) is 11.5. The second-order valence-corrected chi connectivity index (χ2v) is 3.10. The highest BCUT2D eigenvalue weighted by Gasteiger charge is 2.39. The van der Waals surface area contributed by atoms with Crippen LogP contribution in [-0.2, 0) is 4.79 Å². The van der Waals surface area contributed by atoms with Gasteiger partial charge in [0.1, 0.15) is 0 Å². The number of halogens is 3. The van der Waals surface area contributed by atoms with E-state index in [1.807, 2.05) is 5.32 Å². The molecule has 1 atom stereocenters. The van der Waals surface area contributed by atoms with Crippen molar-refractivity contribution in [2.75, 3.05) is 0 Å². The number of benzene rings is 1. The highest BCUT2D eigenvalue weighted by atomic mass is 19.4. The Bertz CT molecular complexity index is 334. The monoisotopic (exact) mass is 217 g/mol. The normalized spacial score (nSPS) is 13.3. The van der Waals surface area contributed by atoms with Crippen molar-refractivity contribution >= 4 is 5.91 Å². The van der Waals surface area contributed by atoms with Gasteiger partial charge in [-0.3, -0.25) is 4.79 Å². The molecule has 0 aliphatic rings. The Morgan fingerprint density at radius 2 is 1.80 bits per heavy atom. The molecule has 0 saturated carbocycles. The first kappa shape index (κ1) is 11.6. The van der Waals surface area contributed by atoms with Crippen LogP contribution in [0.3, 0.4) is 0 Å². The summed E-state index contributed by atoms with van der Waals surface area (Å²) in [6, 6.07) is 7.81. The summed E-state index contributed by atoms with van der Waals surface area (Å²) in [5.41, 5.74) is 0.634. The molecule has 82 valence electrons. The lowest BCUT2D eigenvalue weighted by molar-refractivity contribution is -0.174. The molecule has 0 aliphatic carbocycles.